The summed E-state index contributed by atoms with van der Waals surface area (Å²) in [4.78, 5) is 41.4. The quantitative estimate of drug-likeness (QED) is 0.585. The van der Waals surface area contributed by atoms with Gasteiger partial charge in [0.15, 0.2) is 0 Å². The van der Waals surface area contributed by atoms with Crippen LogP contribution in [0.25, 0.3) is 0 Å². The number of nitrogens with zero attached hydrogens (tertiary/aromatic N) is 1. The first-order valence-electron chi connectivity index (χ1n) is 11.7. The number of carbonyl (C=O) groups excluding carboxylic acids is 3. The Morgan fingerprint density at radius 1 is 1.03 bits per heavy atom. The van der Waals surface area contributed by atoms with Gasteiger partial charge >= 0.3 is 6.09 Å². The SMILES string of the molecule is CCCN(C(=O)C(NC(=O)OC(C)(C)C)C(C)C)C(C(=O)NC(C)(C)C)c1ccccc1C. The molecular formula is C26H43N3O4. The molecule has 0 aromatic heterocycles. The average molecular weight is 462 g/mol. The van der Waals surface area contributed by atoms with E-state index in [0.29, 0.717) is 13.0 Å². The smallest absolute Gasteiger partial charge is 0.408 e. The van der Waals surface area contributed by atoms with Crippen molar-refractivity contribution in [1.82, 2.24) is 15.5 Å². The van der Waals surface area contributed by atoms with Gasteiger partial charge in [0.05, 0.1) is 0 Å². The Labute approximate surface area is 199 Å². The highest BCUT2D eigenvalue weighted by Crippen LogP contribution is 2.27. The highest BCUT2D eigenvalue weighted by atomic mass is 16.6. The van der Waals surface area contributed by atoms with Gasteiger partial charge in [-0.2, -0.15) is 0 Å². The number of rotatable bonds is 8. The molecule has 186 valence electrons. The zero-order chi connectivity index (χ0) is 25.6. The summed E-state index contributed by atoms with van der Waals surface area (Å²) in [5, 5.41) is 5.77. The fourth-order valence-corrected chi connectivity index (χ4v) is 3.52. The van der Waals surface area contributed by atoms with Crippen LogP contribution in [0.2, 0.25) is 0 Å². The summed E-state index contributed by atoms with van der Waals surface area (Å²) in [5.74, 6) is -0.763. The van der Waals surface area contributed by atoms with E-state index in [-0.39, 0.29) is 17.7 Å². The third-order valence-corrected chi connectivity index (χ3v) is 4.89. The number of carbonyl (C=O) groups is 3. The van der Waals surface area contributed by atoms with Crippen molar-refractivity contribution >= 4 is 17.9 Å². The Hall–Kier alpha value is -2.57. The summed E-state index contributed by atoms with van der Waals surface area (Å²) >= 11 is 0. The van der Waals surface area contributed by atoms with E-state index in [1.165, 1.54) is 0 Å². The van der Waals surface area contributed by atoms with Gasteiger partial charge in [0.25, 0.3) is 0 Å². The number of amides is 3. The molecule has 0 saturated carbocycles. The molecule has 7 nitrogen and oxygen atoms in total. The summed E-state index contributed by atoms with van der Waals surface area (Å²) in [6.07, 6.45) is 0.00587. The van der Waals surface area contributed by atoms with Crippen molar-refractivity contribution in [2.75, 3.05) is 6.54 Å². The van der Waals surface area contributed by atoms with Gasteiger partial charge in [-0.3, -0.25) is 9.59 Å². The molecule has 2 atom stereocenters. The van der Waals surface area contributed by atoms with Crippen molar-refractivity contribution in [3.05, 3.63) is 35.4 Å². The Morgan fingerprint density at radius 2 is 1.61 bits per heavy atom. The van der Waals surface area contributed by atoms with E-state index >= 15 is 0 Å². The summed E-state index contributed by atoms with van der Waals surface area (Å²) in [5.41, 5.74) is 0.529. The minimum Gasteiger partial charge on any atom is -0.444 e. The maximum Gasteiger partial charge on any atom is 0.408 e. The zero-order valence-electron chi connectivity index (χ0n) is 22.0. The second kappa shape index (κ2) is 11.5. The lowest BCUT2D eigenvalue weighted by Gasteiger charge is -2.37. The lowest BCUT2D eigenvalue weighted by Crippen LogP contribution is -2.56. The normalized spacial score (nSPS) is 13.8. The van der Waals surface area contributed by atoms with Gasteiger partial charge in [-0.05, 0) is 71.9 Å². The second-order valence-corrected chi connectivity index (χ2v) is 10.9. The maximum atomic E-state index is 13.8. The molecule has 7 heteroatoms. The number of aryl methyl sites for hydroxylation is 1. The molecule has 0 radical (unpaired) electrons. The zero-order valence-corrected chi connectivity index (χ0v) is 22.0. The molecule has 0 heterocycles. The molecule has 0 aliphatic heterocycles. The fourth-order valence-electron chi connectivity index (χ4n) is 3.52. The molecule has 0 bridgehead atoms. The highest BCUT2D eigenvalue weighted by molar-refractivity contribution is 5.92. The first kappa shape index (κ1) is 28.5. The molecule has 3 amide bonds. The van der Waals surface area contributed by atoms with Crippen LogP contribution in [-0.2, 0) is 14.3 Å². The van der Waals surface area contributed by atoms with Crippen LogP contribution in [0.1, 0.15) is 85.9 Å². The topological polar surface area (TPSA) is 87.7 Å². The van der Waals surface area contributed by atoms with Crippen LogP contribution < -0.4 is 10.6 Å². The number of hydrogen-bond acceptors (Lipinski definition) is 4. The van der Waals surface area contributed by atoms with E-state index in [1.54, 1.807) is 25.7 Å². The van der Waals surface area contributed by atoms with E-state index in [1.807, 2.05) is 72.7 Å². The van der Waals surface area contributed by atoms with E-state index < -0.39 is 29.3 Å². The van der Waals surface area contributed by atoms with Crippen LogP contribution in [0, 0.1) is 12.8 Å². The minimum absolute atomic E-state index is 0.201. The monoisotopic (exact) mass is 461 g/mol. The summed E-state index contributed by atoms with van der Waals surface area (Å²) in [7, 11) is 0. The van der Waals surface area contributed by atoms with Gasteiger partial charge in [-0.15, -0.1) is 0 Å². The van der Waals surface area contributed by atoms with Crippen molar-refractivity contribution in [2.24, 2.45) is 5.92 Å². The lowest BCUT2D eigenvalue weighted by atomic mass is 9.95. The minimum atomic E-state index is -0.833. The molecule has 33 heavy (non-hydrogen) atoms. The van der Waals surface area contributed by atoms with Crippen LogP contribution in [0.5, 0.6) is 0 Å². The van der Waals surface area contributed by atoms with Crippen molar-refractivity contribution in [1.29, 1.82) is 0 Å². The largest absolute Gasteiger partial charge is 0.444 e. The molecule has 2 N–H and O–H groups in total. The van der Waals surface area contributed by atoms with Gasteiger partial charge in [-0.1, -0.05) is 45.0 Å². The van der Waals surface area contributed by atoms with Gasteiger partial charge in [-0.25, -0.2) is 4.79 Å². The van der Waals surface area contributed by atoms with Gasteiger partial charge in [0.1, 0.15) is 17.7 Å². The van der Waals surface area contributed by atoms with Crippen molar-refractivity contribution < 1.29 is 19.1 Å². The van der Waals surface area contributed by atoms with E-state index in [2.05, 4.69) is 10.6 Å². The van der Waals surface area contributed by atoms with Crippen LogP contribution >= 0.6 is 0 Å². The molecule has 1 aromatic carbocycles. The van der Waals surface area contributed by atoms with Crippen LogP contribution in [0.15, 0.2) is 24.3 Å². The average Bonchev–Trinajstić information content (AvgIpc) is 2.63. The standard InChI is InChI=1S/C26H43N3O4/c1-11-16-29(23(31)20(17(2)3)27-24(32)33-26(8,9)10)21(22(30)28-25(5,6)7)19-15-13-12-14-18(19)4/h12-15,17,20-21H,11,16H2,1-10H3,(H,27,32)(H,28,30). The number of ether oxygens (including phenoxy) is 1. The summed E-state index contributed by atoms with van der Waals surface area (Å²) < 4.78 is 5.39. The first-order chi connectivity index (χ1) is 15.1. The number of nitrogens with one attached hydrogen (secondary N) is 2. The van der Waals surface area contributed by atoms with Gasteiger partial charge in [0.2, 0.25) is 11.8 Å². The Bertz CT molecular complexity index is 822. The first-order valence-corrected chi connectivity index (χ1v) is 11.7. The molecule has 1 aromatic rings. The van der Waals surface area contributed by atoms with Crippen LogP contribution in [0.4, 0.5) is 4.79 Å². The molecule has 0 aliphatic carbocycles. The van der Waals surface area contributed by atoms with Crippen LogP contribution in [0.3, 0.4) is 0 Å². The second-order valence-electron chi connectivity index (χ2n) is 10.9. The maximum absolute atomic E-state index is 13.8. The molecule has 0 saturated heterocycles. The van der Waals surface area contributed by atoms with Crippen molar-refractivity contribution in [2.45, 2.75) is 98.9 Å². The molecule has 0 spiro atoms. The molecule has 0 aliphatic rings. The van der Waals surface area contributed by atoms with Crippen molar-refractivity contribution in [3.8, 4) is 0 Å². The fraction of sp³-hybridized carbons (Fsp3) is 0.654. The van der Waals surface area contributed by atoms with Gasteiger partial charge in [0, 0.05) is 12.1 Å². The van der Waals surface area contributed by atoms with E-state index in [9.17, 15) is 14.4 Å². The summed E-state index contributed by atoms with van der Waals surface area (Å²) in [6, 6.07) is 5.93. The molecule has 0 fully saturated rings. The third-order valence-electron chi connectivity index (χ3n) is 4.89. The summed E-state index contributed by atoms with van der Waals surface area (Å²) in [6.45, 7) is 19.0. The number of benzene rings is 1. The third kappa shape index (κ3) is 9.06. The molecule has 2 unspecified atom stereocenters. The number of hydrogen-bond donors (Lipinski definition) is 2. The highest BCUT2D eigenvalue weighted by Gasteiger charge is 2.38. The van der Waals surface area contributed by atoms with Crippen molar-refractivity contribution in [3.63, 3.8) is 0 Å². The molecule has 1 rings (SSSR count). The number of alkyl carbamates (subject to hydrolysis) is 1. The Kier molecular flexibility index (Phi) is 9.94. The lowest BCUT2D eigenvalue weighted by molar-refractivity contribution is -0.144. The Balaban J connectivity index is 3.45. The van der Waals surface area contributed by atoms with Crippen LogP contribution in [-0.4, -0.2) is 46.5 Å². The van der Waals surface area contributed by atoms with E-state index in [0.717, 1.165) is 11.1 Å². The van der Waals surface area contributed by atoms with Gasteiger partial charge < -0.3 is 20.3 Å². The predicted octanol–water partition coefficient (Wildman–Crippen LogP) is 4.74. The van der Waals surface area contributed by atoms with E-state index in [4.69, 9.17) is 4.74 Å². The Morgan fingerprint density at radius 3 is 2.06 bits per heavy atom. The molecular weight excluding hydrogens is 418 g/mol. The predicted molar refractivity (Wildman–Crippen MR) is 132 cm³/mol.